The summed E-state index contributed by atoms with van der Waals surface area (Å²) in [6.45, 7) is 3.47. The number of ether oxygens (including phenoxy) is 1. The molecule has 1 N–H and O–H groups in total. The maximum Gasteiger partial charge on any atom is 0.263 e. The van der Waals surface area contributed by atoms with Crippen LogP contribution in [0.1, 0.15) is 11.6 Å². The van der Waals surface area contributed by atoms with Crippen molar-refractivity contribution < 1.29 is 14.1 Å². The molecule has 124 valence electrons. The van der Waals surface area contributed by atoms with Gasteiger partial charge in [-0.25, -0.2) is 0 Å². The van der Waals surface area contributed by atoms with Crippen LogP contribution in [0, 0.1) is 13.8 Å². The van der Waals surface area contributed by atoms with Gasteiger partial charge in [0.15, 0.2) is 6.61 Å². The van der Waals surface area contributed by atoms with E-state index >= 15 is 0 Å². The lowest BCUT2D eigenvalue weighted by Crippen LogP contribution is -2.21. The van der Waals surface area contributed by atoms with Gasteiger partial charge in [-0.15, -0.1) is 0 Å². The number of hydrogen-bond donors (Lipinski definition) is 1. The summed E-state index contributed by atoms with van der Waals surface area (Å²) in [5.74, 6) is 1.87. The molecule has 2 heterocycles. The van der Waals surface area contributed by atoms with Crippen molar-refractivity contribution in [2.45, 2.75) is 13.8 Å². The lowest BCUT2D eigenvalue weighted by atomic mass is 10.2. The van der Waals surface area contributed by atoms with Gasteiger partial charge >= 0.3 is 0 Å². The fourth-order valence-electron chi connectivity index (χ4n) is 2.20. The molecular formula is C16H17N5O3. The minimum Gasteiger partial charge on any atom is -0.484 e. The molecule has 0 saturated heterocycles. The Kier molecular flexibility index (Phi) is 4.28. The average molecular weight is 327 g/mol. The Balaban J connectivity index is 1.62. The number of benzene rings is 1. The van der Waals surface area contributed by atoms with Crippen molar-refractivity contribution in [3.8, 4) is 17.1 Å². The Hall–Kier alpha value is -3.16. The van der Waals surface area contributed by atoms with Gasteiger partial charge in [-0.1, -0.05) is 17.3 Å². The quantitative estimate of drug-likeness (QED) is 0.771. The highest BCUT2D eigenvalue weighted by Gasteiger charge is 2.10. The van der Waals surface area contributed by atoms with Gasteiger partial charge in [-0.3, -0.25) is 9.48 Å². The molecule has 0 atom stereocenters. The van der Waals surface area contributed by atoms with Gasteiger partial charge in [0, 0.05) is 25.6 Å². The summed E-state index contributed by atoms with van der Waals surface area (Å²) in [6, 6.07) is 8.95. The van der Waals surface area contributed by atoms with Gasteiger partial charge in [-0.05, 0) is 19.1 Å². The van der Waals surface area contributed by atoms with E-state index < -0.39 is 0 Å². The third-order valence-corrected chi connectivity index (χ3v) is 3.26. The van der Waals surface area contributed by atoms with Crippen LogP contribution in [0.2, 0.25) is 0 Å². The van der Waals surface area contributed by atoms with Gasteiger partial charge in [0.25, 0.3) is 5.91 Å². The molecular weight excluding hydrogens is 310 g/mol. The molecule has 3 rings (SSSR count). The number of anilines is 1. The second kappa shape index (κ2) is 6.53. The van der Waals surface area contributed by atoms with Crippen molar-refractivity contribution >= 4 is 11.7 Å². The summed E-state index contributed by atoms with van der Waals surface area (Å²) in [5.41, 5.74) is 1.59. The smallest absolute Gasteiger partial charge is 0.263 e. The van der Waals surface area contributed by atoms with Crippen molar-refractivity contribution in [1.29, 1.82) is 0 Å². The Bertz CT molecular complexity index is 868. The number of nitrogens with one attached hydrogen (secondary N) is 1. The van der Waals surface area contributed by atoms with Crippen LogP contribution in [-0.2, 0) is 11.8 Å². The molecule has 2 aromatic heterocycles. The van der Waals surface area contributed by atoms with E-state index in [0.29, 0.717) is 23.3 Å². The van der Waals surface area contributed by atoms with Crippen LogP contribution in [0.5, 0.6) is 5.75 Å². The van der Waals surface area contributed by atoms with Crippen molar-refractivity contribution in [2.24, 2.45) is 7.05 Å². The predicted octanol–water partition coefficient (Wildman–Crippen LogP) is 2.10. The summed E-state index contributed by atoms with van der Waals surface area (Å²) in [6.07, 6.45) is 0. The first-order chi connectivity index (χ1) is 11.5. The molecule has 0 radical (unpaired) electrons. The van der Waals surface area contributed by atoms with Crippen molar-refractivity contribution in [3.63, 3.8) is 0 Å². The molecule has 0 unspecified atom stereocenters. The largest absolute Gasteiger partial charge is 0.484 e. The molecule has 0 aliphatic rings. The average Bonchev–Trinajstić information content (AvgIpc) is 3.11. The molecule has 3 aromatic rings. The number of aromatic nitrogens is 4. The lowest BCUT2D eigenvalue weighted by Gasteiger charge is -2.08. The molecule has 0 saturated carbocycles. The number of carbonyl (C=O) groups excluding carboxylic acids is 1. The Morgan fingerprint density at radius 3 is 2.83 bits per heavy atom. The number of aryl methyl sites for hydroxylation is 3. The monoisotopic (exact) mass is 327 g/mol. The van der Waals surface area contributed by atoms with Gasteiger partial charge < -0.3 is 14.6 Å². The van der Waals surface area contributed by atoms with Gasteiger partial charge in [0.2, 0.25) is 11.7 Å². The minimum atomic E-state index is -0.265. The van der Waals surface area contributed by atoms with Gasteiger partial charge in [0.05, 0.1) is 5.69 Å². The number of nitrogens with zero attached hydrogens (tertiary/aromatic N) is 4. The highest BCUT2D eigenvalue weighted by atomic mass is 16.5. The fraction of sp³-hybridized carbons (Fsp3) is 0.250. The second-order valence-electron chi connectivity index (χ2n) is 5.30. The van der Waals surface area contributed by atoms with Gasteiger partial charge in [0.1, 0.15) is 11.6 Å². The molecule has 0 aliphatic carbocycles. The zero-order chi connectivity index (χ0) is 17.1. The van der Waals surface area contributed by atoms with E-state index in [4.69, 9.17) is 9.26 Å². The molecule has 1 aromatic carbocycles. The molecule has 24 heavy (non-hydrogen) atoms. The molecule has 0 spiro atoms. The molecule has 0 fully saturated rings. The van der Waals surface area contributed by atoms with Crippen molar-refractivity contribution in [2.75, 3.05) is 11.9 Å². The molecule has 8 heteroatoms. The van der Waals surface area contributed by atoms with Crippen molar-refractivity contribution in [3.05, 3.63) is 41.9 Å². The first-order valence-electron chi connectivity index (χ1n) is 7.35. The van der Waals surface area contributed by atoms with E-state index in [9.17, 15) is 4.79 Å². The van der Waals surface area contributed by atoms with E-state index in [-0.39, 0.29) is 12.5 Å². The van der Waals surface area contributed by atoms with Crippen LogP contribution >= 0.6 is 0 Å². The van der Waals surface area contributed by atoms with Crippen LogP contribution in [0.3, 0.4) is 0 Å². The standard InChI is InChI=1S/C16H17N5O3/c1-10-7-14(21(3)19-10)18-15(22)9-23-13-6-4-5-12(8-13)16-17-11(2)24-20-16/h4-8H,9H2,1-3H3,(H,18,22). The predicted molar refractivity (Wildman–Crippen MR) is 86.5 cm³/mol. The minimum absolute atomic E-state index is 0.112. The zero-order valence-electron chi connectivity index (χ0n) is 13.6. The number of carbonyl (C=O) groups is 1. The van der Waals surface area contributed by atoms with Crippen LogP contribution in [0.15, 0.2) is 34.9 Å². The lowest BCUT2D eigenvalue weighted by molar-refractivity contribution is -0.118. The molecule has 1 amide bonds. The third kappa shape index (κ3) is 3.60. The number of rotatable bonds is 5. The third-order valence-electron chi connectivity index (χ3n) is 3.26. The second-order valence-corrected chi connectivity index (χ2v) is 5.30. The topological polar surface area (TPSA) is 95.1 Å². The van der Waals surface area contributed by atoms with E-state index in [1.807, 2.05) is 13.0 Å². The highest BCUT2D eigenvalue weighted by molar-refractivity contribution is 5.91. The molecule has 0 aliphatic heterocycles. The molecule has 0 bridgehead atoms. The van der Waals surface area contributed by atoms with Crippen LogP contribution in [-0.4, -0.2) is 32.4 Å². The number of hydrogen-bond acceptors (Lipinski definition) is 6. The highest BCUT2D eigenvalue weighted by Crippen LogP contribution is 2.21. The number of amides is 1. The van der Waals surface area contributed by atoms with E-state index in [1.165, 1.54) is 0 Å². The first kappa shape index (κ1) is 15.7. The Labute approximate surface area is 138 Å². The van der Waals surface area contributed by atoms with E-state index in [0.717, 1.165) is 11.3 Å². The summed E-state index contributed by atoms with van der Waals surface area (Å²) in [7, 11) is 1.76. The SMILES string of the molecule is Cc1cc(NC(=O)COc2cccc(-c3noc(C)n3)c2)n(C)n1. The van der Waals surface area contributed by atoms with Crippen LogP contribution in [0.25, 0.3) is 11.4 Å². The van der Waals surface area contributed by atoms with Crippen molar-refractivity contribution in [1.82, 2.24) is 19.9 Å². The van der Waals surface area contributed by atoms with E-state index in [1.54, 1.807) is 42.9 Å². The summed E-state index contributed by atoms with van der Waals surface area (Å²) >= 11 is 0. The van der Waals surface area contributed by atoms with Crippen LogP contribution in [0.4, 0.5) is 5.82 Å². The zero-order valence-corrected chi connectivity index (χ0v) is 13.6. The first-order valence-corrected chi connectivity index (χ1v) is 7.35. The maximum absolute atomic E-state index is 12.0. The Morgan fingerprint density at radius 1 is 1.33 bits per heavy atom. The Morgan fingerprint density at radius 2 is 2.17 bits per heavy atom. The molecule has 8 nitrogen and oxygen atoms in total. The van der Waals surface area contributed by atoms with E-state index in [2.05, 4.69) is 20.6 Å². The summed E-state index contributed by atoms with van der Waals surface area (Å²) in [4.78, 5) is 16.2. The fourth-order valence-corrected chi connectivity index (χ4v) is 2.20. The summed E-state index contributed by atoms with van der Waals surface area (Å²) < 4.78 is 12.1. The van der Waals surface area contributed by atoms with Gasteiger partial charge in [-0.2, -0.15) is 10.1 Å². The maximum atomic E-state index is 12.0. The normalized spacial score (nSPS) is 10.6. The summed E-state index contributed by atoms with van der Waals surface area (Å²) in [5, 5.41) is 10.8. The van der Waals surface area contributed by atoms with Crippen LogP contribution < -0.4 is 10.1 Å².